The van der Waals surface area contributed by atoms with Crippen molar-refractivity contribution in [3.8, 4) is 16.9 Å². The van der Waals surface area contributed by atoms with E-state index in [-0.39, 0.29) is 38.0 Å². The molecule has 0 aliphatic heterocycles. The molecule has 3 rings (SSSR count). The Morgan fingerprint density at radius 2 is 1.86 bits per heavy atom. The number of fused-ring (bicyclic) bond motifs is 1. The summed E-state index contributed by atoms with van der Waals surface area (Å²) in [7, 11) is 1.37. The molecule has 22 heavy (non-hydrogen) atoms. The van der Waals surface area contributed by atoms with Gasteiger partial charge in [-0.05, 0) is 18.2 Å². The number of rotatable bonds is 2. The summed E-state index contributed by atoms with van der Waals surface area (Å²) < 4.78 is 34.1. The maximum Gasteiger partial charge on any atom is 0.159 e. The van der Waals surface area contributed by atoms with E-state index in [1.54, 1.807) is 0 Å². The largest absolute Gasteiger partial charge is 0.496 e. The van der Waals surface area contributed by atoms with Crippen LogP contribution in [-0.2, 0) is 0 Å². The molecule has 2 aromatic carbocycles. The van der Waals surface area contributed by atoms with Gasteiger partial charge in [0.2, 0.25) is 0 Å². The van der Waals surface area contributed by atoms with Crippen molar-refractivity contribution in [1.29, 1.82) is 0 Å². The molecule has 0 atom stereocenters. The molecule has 1 aromatic heterocycles. The number of hydrogen-bond acceptors (Lipinski definition) is 3. The molecule has 0 radical (unpaired) electrons. The van der Waals surface area contributed by atoms with Gasteiger partial charge < -0.3 is 4.74 Å². The van der Waals surface area contributed by atoms with E-state index in [0.717, 1.165) is 6.33 Å². The minimum absolute atomic E-state index is 0.00917. The lowest BCUT2D eigenvalue weighted by molar-refractivity contribution is 0.413. The number of methoxy groups -OCH3 is 1. The van der Waals surface area contributed by atoms with Crippen molar-refractivity contribution in [2.24, 2.45) is 0 Å². The summed E-state index contributed by atoms with van der Waals surface area (Å²) in [6, 6.07) is 5.59. The highest BCUT2D eigenvalue weighted by Gasteiger charge is 2.22. The van der Waals surface area contributed by atoms with E-state index in [4.69, 9.17) is 27.9 Å². The molecule has 0 fully saturated rings. The van der Waals surface area contributed by atoms with E-state index in [2.05, 4.69) is 9.97 Å². The van der Waals surface area contributed by atoms with Crippen molar-refractivity contribution in [3.05, 3.63) is 52.4 Å². The van der Waals surface area contributed by atoms with Crippen LogP contribution in [0.2, 0.25) is 10.2 Å². The van der Waals surface area contributed by atoms with Gasteiger partial charge in [-0.1, -0.05) is 29.3 Å². The minimum Gasteiger partial charge on any atom is -0.496 e. The third-order valence-corrected chi connectivity index (χ3v) is 3.82. The van der Waals surface area contributed by atoms with E-state index in [0.29, 0.717) is 0 Å². The number of aromatic nitrogens is 2. The number of nitrogens with zero attached hydrogens (tertiary/aromatic N) is 2. The Bertz CT molecular complexity index is 887. The number of ether oxygens (including phenoxy) is 1. The average Bonchev–Trinajstić information content (AvgIpc) is 2.50. The molecule has 3 nitrogen and oxygen atoms in total. The van der Waals surface area contributed by atoms with Gasteiger partial charge in [0, 0.05) is 10.9 Å². The molecule has 0 bridgehead atoms. The number of hydrogen-bond donors (Lipinski definition) is 0. The Kier molecular flexibility index (Phi) is 3.85. The Morgan fingerprint density at radius 3 is 2.59 bits per heavy atom. The van der Waals surface area contributed by atoms with E-state index >= 15 is 0 Å². The molecule has 7 heteroatoms. The lowest BCUT2D eigenvalue weighted by atomic mass is 10.0. The molecular formula is C15H8Cl2F2N2O. The van der Waals surface area contributed by atoms with Gasteiger partial charge >= 0.3 is 0 Å². The van der Waals surface area contributed by atoms with E-state index in [1.165, 1.54) is 31.4 Å². The van der Waals surface area contributed by atoms with Gasteiger partial charge in [-0.15, -0.1) is 0 Å². The van der Waals surface area contributed by atoms with Crippen molar-refractivity contribution < 1.29 is 13.5 Å². The Hall–Kier alpha value is -1.98. The molecule has 0 saturated heterocycles. The van der Waals surface area contributed by atoms with Gasteiger partial charge in [-0.25, -0.2) is 18.7 Å². The topological polar surface area (TPSA) is 35.0 Å². The third-order valence-electron chi connectivity index (χ3n) is 3.22. The third kappa shape index (κ3) is 2.26. The highest BCUT2D eigenvalue weighted by atomic mass is 35.5. The van der Waals surface area contributed by atoms with Crippen LogP contribution in [-0.4, -0.2) is 17.1 Å². The van der Waals surface area contributed by atoms with Crippen LogP contribution in [0.3, 0.4) is 0 Å². The van der Waals surface area contributed by atoms with Crippen LogP contribution in [0.25, 0.3) is 22.0 Å². The second-order valence-electron chi connectivity index (χ2n) is 4.43. The van der Waals surface area contributed by atoms with Crippen LogP contribution in [0.4, 0.5) is 8.78 Å². The molecule has 0 saturated carbocycles. The number of benzene rings is 2. The van der Waals surface area contributed by atoms with Crippen LogP contribution in [0.5, 0.6) is 5.75 Å². The zero-order valence-electron chi connectivity index (χ0n) is 11.2. The first-order chi connectivity index (χ1) is 10.5. The first-order valence-corrected chi connectivity index (χ1v) is 6.91. The first-order valence-electron chi connectivity index (χ1n) is 6.15. The fourth-order valence-electron chi connectivity index (χ4n) is 2.25. The summed E-state index contributed by atoms with van der Waals surface area (Å²) in [4.78, 5) is 7.64. The van der Waals surface area contributed by atoms with Crippen molar-refractivity contribution in [2.75, 3.05) is 7.11 Å². The summed E-state index contributed by atoms with van der Waals surface area (Å²) in [5.74, 6) is -1.27. The highest BCUT2D eigenvalue weighted by Crippen LogP contribution is 2.41. The van der Waals surface area contributed by atoms with Crippen LogP contribution >= 0.6 is 23.2 Å². The molecule has 112 valence electrons. The Balaban J connectivity index is 2.43. The predicted molar refractivity (Wildman–Crippen MR) is 81.5 cm³/mol. The molecule has 3 aromatic rings. The van der Waals surface area contributed by atoms with E-state index in [9.17, 15) is 8.78 Å². The Labute approximate surface area is 134 Å². The fraction of sp³-hybridized carbons (Fsp3) is 0.0667. The molecule has 0 aliphatic carbocycles. The van der Waals surface area contributed by atoms with E-state index in [1.807, 2.05) is 0 Å². The standard InChI is InChI=1S/C15H8Cl2F2N2O/c1-22-10-4-2-3-9(18)12(10)11-8(16)5-7-14(13(11)19)20-6-21-15(7)17/h2-6H,1H3. The minimum atomic E-state index is -0.782. The van der Waals surface area contributed by atoms with Gasteiger partial charge in [0.05, 0.1) is 17.7 Å². The van der Waals surface area contributed by atoms with Crippen molar-refractivity contribution in [3.63, 3.8) is 0 Å². The second-order valence-corrected chi connectivity index (χ2v) is 5.19. The highest BCUT2D eigenvalue weighted by molar-refractivity contribution is 6.37. The zero-order valence-corrected chi connectivity index (χ0v) is 12.7. The smallest absolute Gasteiger partial charge is 0.159 e. The van der Waals surface area contributed by atoms with Gasteiger partial charge in [0.25, 0.3) is 0 Å². The molecule has 0 amide bonds. The fourth-order valence-corrected chi connectivity index (χ4v) is 2.72. The monoisotopic (exact) mass is 340 g/mol. The molecule has 0 spiro atoms. The molecule has 1 heterocycles. The average molecular weight is 341 g/mol. The van der Waals surface area contributed by atoms with Crippen LogP contribution < -0.4 is 4.74 Å². The van der Waals surface area contributed by atoms with Crippen LogP contribution in [0.15, 0.2) is 30.6 Å². The summed E-state index contributed by atoms with van der Waals surface area (Å²) in [6.45, 7) is 0. The summed E-state index contributed by atoms with van der Waals surface area (Å²) >= 11 is 12.1. The first kappa shape index (κ1) is 14.9. The van der Waals surface area contributed by atoms with Crippen LogP contribution in [0.1, 0.15) is 0 Å². The van der Waals surface area contributed by atoms with E-state index < -0.39 is 11.6 Å². The lowest BCUT2D eigenvalue weighted by Crippen LogP contribution is -1.97. The maximum atomic E-state index is 14.8. The maximum absolute atomic E-state index is 14.8. The molecule has 0 N–H and O–H groups in total. The summed E-state index contributed by atoms with van der Waals surface area (Å²) in [6.07, 6.45) is 1.13. The Morgan fingerprint density at radius 1 is 1.09 bits per heavy atom. The van der Waals surface area contributed by atoms with Crippen molar-refractivity contribution in [1.82, 2.24) is 9.97 Å². The zero-order chi connectivity index (χ0) is 15.9. The predicted octanol–water partition coefficient (Wildman–Crippen LogP) is 4.89. The van der Waals surface area contributed by atoms with Gasteiger partial charge in [-0.2, -0.15) is 0 Å². The quantitative estimate of drug-likeness (QED) is 0.623. The van der Waals surface area contributed by atoms with Crippen molar-refractivity contribution >= 4 is 34.1 Å². The van der Waals surface area contributed by atoms with Gasteiger partial charge in [0.15, 0.2) is 5.82 Å². The second kappa shape index (κ2) is 5.66. The summed E-state index contributed by atoms with van der Waals surface area (Å²) in [5.41, 5.74) is -0.229. The number of halogens is 4. The molecular weight excluding hydrogens is 333 g/mol. The summed E-state index contributed by atoms with van der Waals surface area (Å²) in [5, 5.41) is 0.314. The van der Waals surface area contributed by atoms with Crippen molar-refractivity contribution in [2.45, 2.75) is 0 Å². The normalized spacial score (nSPS) is 11.0. The van der Waals surface area contributed by atoms with Gasteiger partial charge in [0.1, 0.15) is 28.6 Å². The molecule has 0 unspecified atom stereocenters. The van der Waals surface area contributed by atoms with Crippen LogP contribution in [0, 0.1) is 11.6 Å². The lowest BCUT2D eigenvalue weighted by Gasteiger charge is -2.13. The SMILES string of the molecule is COc1cccc(F)c1-c1c(Cl)cc2c(Cl)ncnc2c1F. The van der Waals surface area contributed by atoms with Gasteiger partial charge in [-0.3, -0.25) is 0 Å². The molecule has 0 aliphatic rings.